The quantitative estimate of drug-likeness (QED) is 0.616. The number of aliphatic hydroxyl groups excluding tert-OH is 1. The van der Waals surface area contributed by atoms with Gasteiger partial charge in [0.05, 0.1) is 0 Å². The summed E-state index contributed by atoms with van der Waals surface area (Å²) in [6, 6.07) is 0. The molecule has 0 unspecified atom stereocenters. The Morgan fingerprint density at radius 3 is 1.56 bits per heavy atom. The maximum atomic E-state index is 9.56. The van der Waals surface area contributed by atoms with E-state index in [1.807, 2.05) is 0 Å². The van der Waals surface area contributed by atoms with Gasteiger partial charge in [-0.1, -0.05) is 26.7 Å². The maximum absolute atomic E-state index is 9.56. The fourth-order valence-electron chi connectivity index (χ4n) is 0. The molecule has 0 aromatic rings. The van der Waals surface area contributed by atoms with Gasteiger partial charge in [0, 0.05) is 0 Å². The van der Waals surface area contributed by atoms with E-state index in [1.54, 1.807) is 0 Å². The third-order valence-electron chi connectivity index (χ3n) is 0.723. The van der Waals surface area contributed by atoms with Crippen LogP contribution < -0.4 is 0 Å². The zero-order valence-corrected chi connectivity index (χ0v) is 6.48. The molecular weight excluding hydrogens is 116 g/mol. The van der Waals surface area contributed by atoms with Crippen LogP contribution in [0.25, 0.3) is 0 Å². The van der Waals surface area contributed by atoms with E-state index in [0.29, 0.717) is 0 Å². The number of ketones is 1. The lowest BCUT2D eigenvalue weighted by Crippen LogP contribution is -1.93. The molecule has 0 aromatic heterocycles. The highest BCUT2D eigenvalue weighted by Gasteiger charge is 1.78. The lowest BCUT2D eigenvalue weighted by Gasteiger charge is -1.72. The van der Waals surface area contributed by atoms with Crippen molar-refractivity contribution >= 4 is 5.78 Å². The molecule has 0 radical (unpaired) electrons. The first-order valence-electron chi connectivity index (χ1n) is 3.29. The molecule has 0 atom stereocenters. The molecule has 0 spiro atoms. The Balaban J connectivity index is 0. The van der Waals surface area contributed by atoms with Crippen molar-refractivity contribution in [3.05, 3.63) is 0 Å². The van der Waals surface area contributed by atoms with Crippen LogP contribution in [0, 0.1) is 0 Å². The van der Waals surface area contributed by atoms with E-state index in [1.165, 1.54) is 19.8 Å². The number of carbonyl (C=O) groups excluding carboxylic acids is 1. The van der Waals surface area contributed by atoms with Gasteiger partial charge in [0.1, 0.15) is 6.61 Å². The lowest BCUT2D eigenvalue weighted by molar-refractivity contribution is -0.119. The van der Waals surface area contributed by atoms with E-state index in [2.05, 4.69) is 13.8 Å². The van der Waals surface area contributed by atoms with Crippen molar-refractivity contribution in [3.63, 3.8) is 0 Å². The van der Waals surface area contributed by atoms with E-state index < -0.39 is 0 Å². The molecule has 0 aliphatic rings. The Kier molecular flexibility index (Phi) is 13.4. The third kappa shape index (κ3) is 35.0. The zero-order chi connectivity index (χ0) is 7.70. The molecule has 9 heavy (non-hydrogen) atoms. The minimum atomic E-state index is -0.333. The summed E-state index contributed by atoms with van der Waals surface area (Å²) < 4.78 is 0. The predicted octanol–water partition coefficient (Wildman–Crippen LogP) is 1.37. The number of carbonyl (C=O) groups is 1. The SMILES string of the molecule is CC(=O)CO.CCCC. The van der Waals surface area contributed by atoms with Gasteiger partial charge in [-0.2, -0.15) is 0 Å². The Labute approximate surface area is 56.9 Å². The normalized spacial score (nSPS) is 7.56. The molecule has 0 saturated carbocycles. The number of hydrogen-bond donors (Lipinski definition) is 1. The molecule has 0 heterocycles. The molecule has 2 heteroatoms. The lowest BCUT2D eigenvalue weighted by atomic mass is 10.4. The number of hydrogen-bond acceptors (Lipinski definition) is 2. The first kappa shape index (κ1) is 11.4. The summed E-state index contributed by atoms with van der Waals surface area (Å²) in [5, 5.41) is 7.79. The van der Waals surface area contributed by atoms with Gasteiger partial charge in [0.15, 0.2) is 5.78 Å². The minimum Gasteiger partial charge on any atom is -0.389 e. The van der Waals surface area contributed by atoms with Crippen LogP contribution in [0.1, 0.15) is 33.6 Å². The summed E-state index contributed by atoms with van der Waals surface area (Å²) in [6.45, 7) is 5.36. The van der Waals surface area contributed by atoms with Crippen LogP contribution >= 0.6 is 0 Å². The van der Waals surface area contributed by atoms with Gasteiger partial charge in [0.25, 0.3) is 0 Å². The Morgan fingerprint density at radius 2 is 1.56 bits per heavy atom. The standard InChI is InChI=1S/C4H10.C3H6O2/c1-3-4-2;1-3(5)2-4/h3-4H2,1-2H3;4H,2H2,1H3. The van der Waals surface area contributed by atoms with Crippen molar-refractivity contribution in [1.29, 1.82) is 0 Å². The molecule has 0 rings (SSSR count). The second-order valence-corrected chi connectivity index (χ2v) is 1.86. The van der Waals surface area contributed by atoms with E-state index >= 15 is 0 Å². The van der Waals surface area contributed by atoms with Gasteiger partial charge >= 0.3 is 0 Å². The van der Waals surface area contributed by atoms with Crippen LogP contribution in [0.2, 0.25) is 0 Å². The summed E-state index contributed by atoms with van der Waals surface area (Å²) in [5.74, 6) is -0.190. The number of Topliss-reactive ketones (excluding diaryl/α,β-unsaturated/α-hetero) is 1. The minimum absolute atomic E-state index is 0.190. The smallest absolute Gasteiger partial charge is 0.155 e. The Bertz CT molecular complexity index is 57.9. The third-order valence-corrected chi connectivity index (χ3v) is 0.723. The maximum Gasteiger partial charge on any atom is 0.155 e. The molecular formula is C7H16O2. The van der Waals surface area contributed by atoms with Gasteiger partial charge in [-0.05, 0) is 6.92 Å². The van der Waals surface area contributed by atoms with E-state index in [4.69, 9.17) is 5.11 Å². The van der Waals surface area contributed by atoms with Crippen molar-refractivity contribution < 1.29 is 9.90 Å². The molecule has 1 N–H and O–H groups in total. The van der Waals surface area contributed by atoms with E-state index in [-0.39, 0.29) is 12.4 Å². The topological polar surface area (TPSA) is 37.3 Å². The van der Waals surface area contributed by atoms with Crippen molar-refractivity contribution in [2.45, 2.75) is 33.6 Å². The highest BCUT2D eigenvalue weighted by atomic mass is 16.3. The fourth-order valence-corrected chi connectivity index (χ4v) is 0. The van der Waals surface area contributed by atoms with Gasteiger partial charge in [-0.15, -0.1) is 0 Å². The number of unbranched alkanes of at least 4 members (excludes halogenated alkanes) is 1. The second kappa shape index (κ2) is 10.6. The molecule has 0 bridgehead atoms. The fraction of sp³-hybridized carbons (Fsp3) is 0.857. The Hall–Kier alpha value is -0.370. The molecule has 0 aliphatic carbocycles. The first-order valence-corrected chi connectivity index (χ1v) is 3.29. The average molecular weight is 132 g/mol. The largest absolute Gasteiger partial charge is 0.389 e. The summed E-state index contributed by atoms with van der Waals surface area (Å²) in [4.78, 5) is 9.56. The summed E-state index contributed by atoms with van der Waals surface area (Å²) in [7, 11) is 0. The molecule has 0 amide bonds. The zero-order valence-electron chi connectivity index (χ0n) is 6.48. The van der Waals surface area contributed by atoms with E-state index in [0.717, 1.165) is 0 Å². The highest BCUT2D eigenvalue weighted by Crippen LogP contribution is 1.76. The number of aliphatic hydroxyl groups is 1. The van der Waals surface area contributed by atoms with Crippen LogP contribution in [0.3, 0.4) is 0 Å². The molecule has 0 saturated heterocycles. The summed E-state index contributed by atoms with van der Waals surface area (Å²) in [6.07, 6.45) is 2.64. The summed E-state index contributed by atoms with van der Waals surface area (Å²) in [5.41, 5.74) is 0. The van der Waals surface area contributed by atoms with Crippen LogP contribution in [-0.2, 0) is 4.79 Å². The van der Waals surface area contributed by atoms with Gasteiger partial charge < -0.3 is 5.11 Å². The van der Waals surface area contributed by atoms with Crippen molar-refractivity contribution in [3.8, 4) is 0 Å². The number of rotatable bonds is 2. The van der Waals surface area contributed by atoms with Gasteiger partial charge in [-0.3, -0.25) is 4.79 Å². The second-order valence-electron chi connectivity index (χ2n) is 1.86. The monoisotopic (exact) mass is 132 g/mol. The Morgan fingerprint density at radius 1 is 1.33 bits per heavy atom. The summed E-state index contributed by atoms with van der Waals surface area (Å²) >= 11 is 0. The van der Waals surface area contributed by atoms with Crippen LogP contribution in [0.15, 0.2) is 0 Å². The van der Waals surface area contributed by atoms with Gasteiger partial charge in [0.2, 0.25) is 0 Å². The molecule has 0 aromatic carbocycles. The van der Waals surface area contributed by atoms with E-state index in [9.17, 15) is 4.79 Å². The van der Waals surface area contributed by atoms with Crippen LogP contribution in [0.5, 0.6) is 0 Å². The van der Waals surface area contributed by atoms with Crippen LogP contribution in [-0.4, -0.2) is 17.5 Å². The van der Waals surface area contributed by atoms with Crippen molar-refractivity contribution in [1.82, 2.24) is 0 Å². The average Bonchev–Trinajstić information content (AvgIpc) is 1.89. The molecule has 0 fully saturated rings. The molecule has 2 nitrogen and oxygen atoms in total. The first-order chi connectivity index (χ1) is 4.18. The van der Waals surface area contributed by atoms with Crippen molar-refractivity contribution in [2.75, 3.05) is 6.61 Å². The predicted molar refractivity (Wildman–Crippen MR) is 38.3 cm³/mol. The van der Waals surface area contributed by atoms with Crippen molar-refractivity contribution in [2.24, 2.45) is 0 Å². The molecule has 56 valence electrons. The van der Waals surface area contributed by atoms with Crippen LogP contribution in [0.4, 0.5) is 0 Å². The van der Waals surface area contributed by atoms with Gasteiger partial charge in [-0.25, -0.2) is 0 Å². The highest BCUT2D eigenvalue weighted by molar-refractivity contribution is 5.76. The molecule has 0 aliphatic heterocycles.